The third-order valence-corrected chi connectivity index (χ3v) is 2.29. The number of nitrogens with one attached hydrogen (secondary N) is 1. The van der Waals surface area contributed by atoms with Crippen molar-refractivity contribution in [1.29, 1.82) is 0 Å². The molecule has 0 saturated carbocycles. The van der Waals surface area contributed by atoms with Crippen molar-refractivity contribution >= 4 is 5.69 Å². The zero-order chi connectivity index (χ0) is 13.1. The van der Waals surface area contributed by atoms with Crippen LogP contribution in [0.2, 0.25) is 0 Å². The van der Waals surface area contributed by atoms with Gasteiger partial charge in [0, 0.05) is 18.3 Å². The molecule has 0 fully saturated rings. The van der Waals surface area contributed by atoms with E-state index < -0.39 is 17.5 Å². The van der Waals surface area contributed by atoms with Crippen LogP contribution < -0.4 is 5.32 Å². The molecule has 0 bridgehead atoms. The Morgan fingerprint density at radius 1 is 1.17 bits per heavy atom. The maximum atomic E-state index is 13.3. The molecule has 0 saturated heterocycles. The van der Waals surface area contributed by atoms with Crippen LogP contribution in [0.15, 0.2) is 24.4 Å². The third kappa shape index (κ3) is 2.77. The Balaban J connectivity index is 2.16. The van der Waals surface area contributed by atoms with E-state index in [1.807, 2.05) is 0 Å². The Morgan fingerprint density at radius 3 is 2.44 bits per heavy atom. The number of halogens is 3. The fourth-order valence-corrected chi connectivity index (χ4v) is 1.49. The van der Waals surface area contributed by atoms with Crippen molar-refractivity contribution in [2.24, 2.45) is 0 Å². The van der Waals surface area contributed by atoms with Gasteiger partial charge in [-0.1, -0.05) is 0 Å². The average molecular weight is 253 g/mol. The van der Waals surface area contributed by atoms with Gasteiger partial charge in [-0.3, -0.25) is 0 Å². The summed E-state index contributed by atoms with van der Waals surface area (Å²) in [5, 5.41) is 2.54. The van der Waals surface area contributed by atoms with E-state index in [-0.39, 0.29) is 12.2 Å². The summed E-state index contributed by atoms with van der Waals surface area (Å²) in [7, 11) is 0. The Hall–Kier alpha value is -2.11. The number of nitrogens with zero attached hydrogens (tertiary/aromatic N) is 2. The summed E-state index contributed by atoms with van der Waals surface area (Å²) in [6.45, 7) is 1.84. The van der Waals surface area contributed by atoms with E-state index in [4.69, 9.17) is 0 Å². The van der Waals surface area contributed by atoms with Crippen LogP contribution >= 0.6 is 0 Å². The first-order chi connectivity index (χ1) is 8.56. The molecule has 2 aromatic rings. The van der Waals surface area contributed by atoms with Crippen LogP contribution in [0.4, 0.5) is 18.9 Å². The molecule has 3 nitrogen and oxygen atoms in total. The number of aryl methyl sites for hydroxylation is 1. The molecule has 6 heteroatoms. The van der Waals surface area contributed by atoms with Gasteiger partial charge in [0.15, 0.2) is 11.6 Å². The van der Waals surface area contributed by atoms with E-state index >= 15 is 0 Å². The Morgan fingerprint density at radius 2 is 1.83 bits per heavy atom. The van der Waals surface area contributed by atoms with Crippen LogP contribution in [0.1, 0.15) is 11.5 Å². The predicted molar refractivity (Wildman–Crippen MR) is 60.4 cm³/mol. The van der Waals surface area contributed by atoms with Crippen molar-refractivity contribution in [3.63, 3.8) is 0 Å². The summed E-state index contributed by atoms with van der Waals surface area (Å²) < 4.78 is 39.3. The summed E-state index contributed by atoms with van der Waals surface area (Å²) in [6.07, 6.45) is 1.55. The molecule has 18 heavy (non-hydrogen) atoms. The Bertz CT molecular complexity index is 549. The number of rotatable bonds is 3. The van der Waals surface area contributed by atoms with E-state index in [2.05, 4.69) is 15.3 Å². The summed E-state index contributed by atoms with van der Waals surface area (Å²) in [5.74, 6) is -2.33. The maximum Gasteiger partial charge on any atom is 0.152 e. The van der Waals surface area contributed by atoms with Gasteiger partial charge in [-0.2, -0.15) is 0 Å². The van der Waals surface area contributed by atoms with E-state index in [1.165, 1.54) is 0 Å². The predicted octanol–water partition coefficient (Wildman–Crippen LogP) is 2.81. The highest BCUT2D eigenvalue weighted by Gasteiger charge is 2.11. The largest absolute Gasteiger partial charge is 0.375 e. The molecule has 0 aliphatic rings. The summed E-state index contributed by atoms with van der Waals surface area (Å²) in [6, 6.07) is 2.87. The lowest BCUT2D eigenvalue weighted by Crippen LogP contribution is -2.06. The first-order valence-electron chi connectivity index (χ1n) is 5.23. The van der Waals surface area contributed by atoms with Gasteiger partial charge >= 0.3 is 0 Å². The first kappa shape index (κ1) is 12.3. The summed E-state index contributed by atoms with van der Waals surface area (Å²) in [5.41, 5.74) is 0.221. The molecule has 0 radical (unpaired) electrons. The van der Waals surface area contributed by atoms with Gasteiger partial charge in [-0.15, -0.1) is 0 Å². The Labute approximate surface area is 102 Å². The van der Waals surface area contributed by atoms with Crippen molar-refractivity contribution in [2.45, 2.75) is 13.5 Å². The fraction of sp³-hybridized carbons (Fsp3) is 0.167. The number of anilines is 1. The SMILES string of the molecule is Cc1nccc(CNc2c(F)cc(F)cc2F)n1. The van der Waals surface area contributed by atoms with E-state index in [0.29, 0.717) is 23.7 Å². The monoisotopic (exact) mass is 253 g/mol. The summed E-state index contributed by atoms with van der Waals surface area (Å²) >= 11 is 0. The van der Waals surface area contributed by atoms with Gasteiger partial charge in [0.05, 0.1) is 12.2 Å². The van der Waals surface area contributed by atoms with E-state index in [9.17, 15) is 13.2 Å². The Kier molecular flexibility index (Phi) is 3.45. The molecule has 0 atom stereocenters. The van der Waals surface area contributed by atoms with E-state index in [1.54, 1.807) is 19.2 Å². The standard InChI is InChI=1S/C12H10F3N3/c1-7-16-3-2-9(18-7)6-17-12-10(14)4-8(13)5-11(12)15/h2-5,17H,6H2,1H3. The van der Waals surface area contributed by atoms with Crippen molar-refractivity contribution in [1.82, 2.24) is 9.97 Å². The lowest BCUT2D eigenvalue weighted by Gasteiger charge is -2.08. The lowest BCUT2D eigenvalue weighted by molar-refractivity contribution is 0.547. The van der Waals surface area contributed by atoms with Crippen LogP contribution in [0, 0.1) is 24.4 Å². The average Bonchev–Trinajstić information content (AvgIpc) is 2.27. The zero-order valence-corrected chi connectivity index (χ0v) is 9.54. The zero-order valence-electron chi connectivity index (χ0n) is 9.54. The molecule has 1 aromatic heterocycles. The quantitative estimate of drug-likeness (QED) is 0.914. The highest BCUT2D eigenvalue weighted by atomic mass is 19.1. The molecule has 1 heterocycles. The summed E-state index contributed by atoms with van der Waals surface area (Å²) in [4.78, 5) is 7.98. The first-order valence-corrected chi connectivity index (χ1v) is 5.23. The molecule has 2 rings (SSSR count). The van der Waals surface area contributed by atoms with Crippen LogP contribution in [-0.2, 0) is 6.54 Å². The molecule has 0 spiro atoms. The second kappa shape index (κ2) is 5.03. The van der Waals surface area contributed by atoms with Crippen molar-refractivity contribution in [2.75, 3.05) is 5.32 Å². The van der Waals surface area contributed by atoms with Crippen LogP contribution in [0.3, 0.4) is 0 Å². The van der Waals surface area contributed by atoms with Crippen LogP contribution in [0.5, 0.6) is 0 Å². The second-order valence-electron chi connectivity index (χ2n) is 3.69. The minimum absolute atomic E-state index is 0.128. The molecule has 1 N–H and O–H groups in total. The van der Waals surface area contributed by atoms with Gasteiger partial charge in [-0.25, -0.2) is 23.1 Å². The minimum atomic E-state index is -0.974. The lowest BCUT2D eigenvalue weighted by atomic mass is 10.2. The van der Waals surface area contributed by atoms with Gasteiger partial charge < -0.3 is 5.32 Å². The fourth-order valence-electron chi connectivity index (χ4n) is 1.49. The number of hydrogen-bond donors (Lipinski definition) is 1. The van der Waals surface area contributed by atoms with Crippen LogP contribution in [0.25, 0.3) is 0 Å². The van der Waals surface area contributed by atoms with Gasteiger partial charge in [-0.05, 0) is 13.0 Å². The molecule has 0 unspecified atom stereocenters. The van der Waals surface area contributed by atoms with Gasteiger partial charge in [0.1, 0.15) is 17.3 Å². The smallest absolute Gasteiger partial charge is 0.152 e. The molecule has 94 valence electrons. The maximum absolute atomic E-state index is 13.3. The molecule has 0 aliphatic heterocycles. The molecule has 0 amide bonds. The third-order valence-electron chi connectivity index (χ3n) is 2.29. The normalized spacial score (nSPS) is 10.4. The van der Waals surface area contributed by atoms with E-state index in [0.717, 1.165) is 0 Å². The van der Waals surface area contributed by atoms with Crippen molar-refractivity contribution in [3.05, 3.63) is 53.4 Å². The minimum Gasteiger partial charge on any atom is -0.375 e. The van der Waals surface area contributed by atoms with Crippen molar-refractivity contribution in [3.8, 4) is 0 Å². The van der Waals surface area contributed by atoms with Crippen molar-refractivity contribution < 1.29 is 13.2 Å². The highest BCUT2D eigenvalue weighted by Crippen LogP contribution is 2.20. The number of aromatic nitrogens is 2. The van der Waals surface area contributed by atoms with Gasteiger partial charge in [0.25, 0.3) is 0 Å². The molecule has 0 aliphatic carbocycles. The molecular weight excluding hydrogens is 243 g/mol. The number of hydrogen-bond acceptors (Lipinski definition) is 3. The molecule has 1 aromatic carbocycles. The highest BCUT2D eigenvalue weighted by molar-refractivity contribution is 5.46. The topological polar surface area (TPSA) is 37.8 Å². The second-order valence-corrected chi connectivity index (χ2v) is 3.69. The van der Waals surface area contributed by atoms with Crippen LogP contribution in [-0.4, -0.2) is 9.97 Å². The molecular formula is C12H10F3N3. The van der Waals surface area contributed by atoms with Gasteiger partial charge in [0.2, 0.25) is 0 Å². The number of benzene rings is 1.